The highest BCUT2D eigenvalue weighted by atomic mass is 35.5. The summed E-state index contributed by atoms with van der Waals surface area (Å²) < 4.78 is 0. The number of nitrogens with zero attached hydrogens (tertiary/aromatic N) is 1. The molecule has 3 rings (SSSR count). The SMILES string of the molecule is O=C(C=Cc1c(Cl)cccc1Cl)Nc1nc(-c2ccc(Cl)cc2Cl)cs1. The average Bonchev–Trinajstić information content (AvgIpc) is 3.02. The molecule has 8 heteroatoms. The topological polar surface area (TPSA) is 42.0 Å². The molecule has 0 unspecified atom stereocenters. The van der Waals surface area contributed by atoms with Gasteiger partial charge in [-0.25, -0.2) is 4.98 Å². The summed E-state index contributed by atoms with van der Waals surface area (Å²) in [6.45, 7) is 0. The van der Waals surface area contributed by atoms with E-state index in [9.17, 15) is 4.79 Å². The minimum atomic E-state index is -0.343. The summed E-state index contributed by atoms with van der Waals surface area (Å²) in [6, 6.07) is 10.3. The summed E-state index contributed by atoms with van der Waals surface area (Å²) in [7, 11) is 0. The molecule has 1 aromatic heterocycles. The average molecular weight is 444 g/mol. The second-order valence-corrected chi connectivity index (χ2v) is 7.64. The van der Waals surface area contributed by atoms with Crippen LogP contribution in [0.4, 0.5) is 5.13 Å². The number of carbonyl (C=O) groups excluding carboxylic acids is 1. The lowest BCUT2D eigenvalue weighted by Crippen LogP contribution is -2.07. The molecule has 0 aliphatic carbocycles. The number of benzene rings is 2. The van der Waals surface area contributed by atoms with Gasteiger partial charge >= 0.3 is 0 Å². The van der Waals surface area contributed by atoms with Crippen molar-refractivity contribution in [2.75, 3.05) is 5.32 Å². The maximum atomic E-state index is 12.1. The van der Waals surface area contributed by atoms with Gasteiger partial charge in [0.2, 0.25) is 5.91 Å². The van der Waals surface area contributed by atoms with E-state index in [2.05, 4.69) is 10.3 Å². The molecule has 1 N–H and O–H groups in total. The fourth-order valence-corrected chi connectivity index (χ4v) is 3.87. The van der Waals surface area contributed by atoms with Crippen LogP contribution in [0.1, 0.15) is 5.56 Å². The molecule has 0 bridgehead atoms. The third kappa shape index (κ3) is 4.58. The zero-order chi connectivity index (χ0) is 18.7. The Kier molecular flexibility index (Phi) is 6.22. The third-order valence-electron chi connectivity index (χ3n) is 3.34. The summed E-state index contributed by atoms with van der Waals surface area (Å²) in [6.07, 6.45) is 2.91. The van der Waals surface area contributed by atoms with Crippen molar-refractivity contribution in [2.24, 2.45) is 0 Å². The van der Waals surface area contributed by atoms with Crippen molar-refractivity contribution in [1.82, 2.24) is 4.98 Å². The van der Waals surface area contributed by atoms with Gasteiger partial charge in [-0.05, 0) is 36.4 Å². The van der Waals surface area contributed by atoms with Crippen LogP contribution in [0.15, 0.2) is 47.9 Å². The zero-order valence-electron chi connectivity index (χ0n) is 13.0. The molecule has 0 spiro atoms. The third-order valence-corrected chi connectivity index (χ3v) is 5.31. The minimum Gasteiger partial charge on any atom is -0.298 e. The number of rotatable bonds is 4. The van der Waals surface area contributed by atoms with Gasteiger partial charge in [0.05, 0.1) is 10.7 Å². The highest BCUT2D eigenvalue weighted by Crippen LogP contribution is 2.32. The van der Waals surface area contributed by atoms with Gasteiger partial charge in [-0.3, -0.25) is 10.1 Å². The Balaban J connectivity index is 1.73. The van der Waals surface area contributed by atoms with E-state index >= 15 is 0 Å². The number of halogens is 4. The van der Waals surface area contributed by atoms with Crippen LogP contribution in [0, 0.1) is 0 Å². The van der Waals surface area contributed by atoms with Gasteiger partial charge in [-0.2, -0.15) is 0 Å². The van der Waals surface area contributed by atoms with Crippen molar-refractivity contribution in [3.05, 3.63) is 73.5 Å². The highest BCUT2D eigenvalue weighted by Gasteiger charge is 2.10. The molecule has 26 heavy (non-hydrogen) atoms. The smallest absolute Gasteiger partial charge is 0.250 e. The first-order valence-electron chi connectivity index (χ1n) is 7.28. The number of nitrogens with one attached hydrogen (secondary N) is 1. The lowest BCUT2D eigenvalue weighted by atomic mass is 10.2. The molecule has 0 radical (unpaired) electrons. The molecular formula is C18H10Cl4N2OS. The number of thiazole rings is 1. The van der Waals surface area contributed by atoms with Crippen molar-refractivity contribution in [2.45, 2.75) is 0 Å². The van der Waals surface area contributed by atoms with Crippen molar-refractivity contribution in [3.8, 4) is 11.3 Å². The quantitative estimate of drug-likeness (QED) is 0.437. The fraction of sp³-hybridized carbons (Fsp3) is 0. The standard InChI is InChI=1S/C18H10Cl4N2OS/c19-10-4-5-12(15(22)8-10)16-9-26-18(23-16)24-17(25)7-6-11-13(20)2-1-3-14(11)21/h1-9H,(H,23,24,25). The molecule has 0 aliphatic heterocycles. The van der Waals surface area contributed by atoms with Gasteiger partial charge in [0, 0.05) is 37.7 Å². The first-order valence-corrected chi connectivity index (χ1v) is 9.67. The van der Waals surface area contributed by atoms with Crippen LogP contribution in [-0.2, 0) is 4.79 Å². The lowest BCUT2D eigenvalue weighted by Gasteiger charge is -2.02. The maximum absolute atomic E-state index is 12.1. The number of amides is 1. The Bertz CT molecular complexity index is 980. The number of aromatic nitrogens is 1. The predicted octanol–water partition coefficient (Wildman–Crippen LogP) is 7.08. The number of hydrogen-bond donors (Lipinski definition) is 1. The van der Waals surface area contributed by atoms with Crippen LogP contribution in [0.5, 0.6) is 0 Å². The minimum absolute atomic E-state index is 0.343. The van der Waals surface area contributed by atoms with E-state index in [1.165, 1.54) is 17.4 Å². The van der Waals surface area contributed by atoms with Crippen LogP contribution in [0.3, 0.4) is 0 Å². The van der Waals surface area contributed by atoms with E-state index in [0.717, 1.165) is 5.56 Å². The molecule has 3 nitrogen and oxygen atoms in total. The highest BCUT2D eigenvalue weighted by molar-refractivity contribution is 7.14. The van der Waals surface area contributed by atoms with E-state index < -0.39 is 0 Å². The number of anilines is 1. The van der Waals surface area contributed by atoms with Crippen LogP contribution < -0.4 is 5.32 Å². The maximum Gasteiger partial charge on any atom is 0.250 e. The second kappa shape index (κ2) is 8.42. The molecule has 132 valence electrons. The molecule has 0 aliphatic rings. The lowest BCUT2D eigenvalue weighted by molar-refractivity contribution is -0.111. The van der Waals surface area contributed by atoms with Gasteiger partial charge in [-0.15, -0.1) is 11.3 Å². The number of hydrogen-bond acceptors (Lipinski definition) is 3. The molecule has 2 aromatic carbocycles. The Hall–Kier alpha value is -1.56. The van der Waals surface area contributed by atoms with Crippen LogP contribution in [0.25, 0.3) is 17.3 Å². The monoisotopic (exact) mass is 442 g/mol. The summed E-state index contributed by atoms with van der Waals surface area (Å²) in [5, 5.41) is 6.93. The Morgan fingerprint density at radius 1 is 1.04 bits per heavy atom. The summed E-state index contributed by atoms with van der Waals surface area (Å²) in [4.78, 5) is 16.5. The van der Waals surface area contributed by atoms with E-state index in [0.29, 0.717) is 36.5 Å². The zero-order valence-corrected chi connectivity index (χ0v) is 16.8. The van der Waals surface area contributed by atoms with Gasteiger partial charge < -0.3 is 0 Å². The van der Waals surface area contributed by atoms with Crippen molar-refractivity contribution >= 4 is 74.9 Å². The Morgan fingerprint density at radius 3 is 2.46 bits per heavy atom. The normalized spacial score (nSPS) is 11.1. The largest absolute Gasteiger partial charge is 0.298 e. The molecule has 3 aromatic rings. The van der Waals surface area contributed by atoms with Gasteiger partial charge in [-0.1, -0.05) is 52.5 Å². The molecule has 0 saturated heterocycles. The molecule has 0 saturated carbocycles. The fourth-order valence-electron chi connectivity index (χ4n) is 2.13. The van der Waals surface area contributed by atoms with Gasteiger partial charge in [0.25, 0.3) is 0 Å². The van der Waals surface area contributed by atoms with Crippen molar-refractivity contribution < 1.29 is 4.79 Å². The first-order chi connectivity index (χ1) is 12.4. The Morgan fingerprint density at radius 2 is 1.77 bits per heavy atom. The molecular weight excluding hydrogens is 434 g/mol. The van der Waals surface area contributed by atoms with Gasteiger partial charge in [0.15, 0.2) is 5.13 Å². The summed E-state index contributed by atoms with van der Waals surface area (Å²) in [5.41, 5.74) is 1.98. The van der Waals surface area contributed by atoms with Crippen LogP contribution in [-0.4, -0.2) is 10.9 Å². The second-order valence-electron chi connectivity index (χ2n) is 5.12. The summed E-state index contributed by atoms with van der Waals surface area (Å²) >= 11 is 25.5. The van der Waals surface area contributed by atoms with E-state index in [1.54, 1.807) is 47.9 Å². The van der Waals surface area contributed by atoms with Crippen molar-refractivity contribution in [3.63, 3.8) is 0 Å². The molecule has 1 amide bonds. The number of carbonyl (C=O) groups is 1. The van der Waals surface area contributed by atoms with Crippen molar-refractivity contribution in [1.29, 1.82) is 0 Å². The van der Waals surface area contributed by atoms with Gasteiger partial charge in [0.1, 0.15) is 0 Å². The van der Waals surface area contributed by atoms with E-state index in [1.807, 2.05) is 0 Å². The predicted molar refractivity (Wildman–Crippen MR) is 112 cm³/mol. The molecule has 0 fully saturated rings. The molecule has 1 heterocycles. The van der Waals surface area contributed by atoms with Crippen LogP contribution in [0.2, 0.25) is 20.1 Å². The molecule has 0 atom stereocenters. The van der Waals surface area contributed by atoms with E-state index in [-0.39, 0.29) is 5.91 Å². The summed E-state index contributed by atoms with van der Waals surface area (Å²) in [5.74, 6) is -0.343. The first kappa shape index (κ1) is 19.2. The Labute approximate surface area is 174 Å². The van der Waals surface area contributed by atoms with E-state index in [4.69, 9.17) is 46.4 Å². The van der Waals surface area contributed by atoms with Crippen LogP contribution >= 0.6 is 57.7 Å².